The molecule has 0 spiro atoms. The Hall–Kier alpha value is -2.33. The number of hydrogen-bond acceptors (Lipinski definition) is 3. The summed E-state index contributed by atoms with van der Waals surface area (Å²) in [5.74, 6) is 1.16. The van der Waals surface area contributed by atoms with Crippen LogP contribution in [0, 0.1) is 0 Å². The van der Waals surface area contributed by atoms with Gasteiger partial charge in [0.15, 0.2) is 11.6 Å². The Morgan fingerprint density at radius 2 is 1.63 bits per heavy atom. The van der Waals surface area contributed by atoms with Gasteiger partial charge in [-0.05, 0) is 24.3 Å². The summed E-state index contributed by atoms with van der Waals surface area (Å²) in [6.45, 7) is 0. The molecule has 1 aromatic heterocycles. The van der Waals surface area contributed by atoms with Crippen molar-refractivity contribution in [3.05, 3.63) is 53.6 Å². The van der Waals surface area contributed by atoms with Crippen molar-refractivity contribution in [3.63, 3.8) is 0 Å². The predicted molar refractivity (Wildman–Crippen MR) is 73.9 cm³/mol. The summed E-state index contributed by atoms with van der Waals surface area (Å²) in [7, 11) is 0. The van der Waals surface area contributed by atoms with Crippen LogP contribution < -0.4 is 0 Å². The third kappa shape index (κ3) is 2.18. The van der Waals surface area contributed by atoms with Crippen molar-refractivity contribution in [3.8, 4) is 28.5 Å². The van der Waals surface area contributed by atoms with E-state index in [0.717, 1.165) is 5.56 Å². The van der Waals surface area contributed by atoms with Crippen LogP contribution in [-0.4, -0.2) is 20.3 Å². The summed E-state index contributed by atoms with van der Waals surface area (Å²) in [6, 6.07) is 14.3. The molecule has 0 saturated heterocycles. The van der Waals surface area contributed by atoms with E-state index in [1.807, 2.05) is 24.3 Å². The third-order valence-electron chi connectivity index (χ3n) is 2.76. The maximum atomic E-state index is 9.78. The van der Waals surface area contributed by atoms with E-state index in [1.165, 1.54) is 0 Å². The maximum absolute atomic E-state index is 9.78. The highest BCUT2D eigenvalue weighted by atomic mass is 35.5. The number of phenols is 1. The largest absolute Gasteiger partial charge is 0.507 e. The molecular weight excluding hydrogens is 262 g/mol. The molecule has 5 heteroatoms. The number of aromatic hydroxyl groups is 1. The Labute approximate surface area is 114 Å². The van der Waals surface area contributed by atoms with Crippen LogP contribution in [0.3, 0.4) is 0 Å². The summed E-state index contributed by atoms with van der Waals surface area (Å²) in [4.78, 5) is 4.36. The van der Waals surface area contributed by atoms with Crippen molar-refractivity contribution in [2.45, 2.75) is 0 Å². The zero-order valence-electron chi connectivity index (χ0n) is 9.84. The average molecular weight is 272 g/mol. The van der Waals surface area contributed by atoms with E-state index in [1.54, 1.807) is 24.3 Å². The Morgan fingerprint density at radius 3 is 2.37 bits per heavy atom. The molecule has 0 bridgehead atoms. The molecule has 0 aliphatic carbocycles. The lowest BCUT2D eigenvalue weighted by atomic mass is 10.2. The molecule has 2 N–H and O–H groups in total. The molecule has 0 amide bonds. The molecule has 0 radical (unpaired) electrons. The van der Waals surface area contributed by atoms with E-state index in [2.05, 4.69) is 15.2 Å². The van der Waals surface area contributed by atoms with Gasteiger partial charge in [0.2, 0.25) is 0 Å². The SMILES string of the molecule is Oc1ccccc1-c1n[nH]c(-c2ccccc2Cl)n1. The van der Waals surface area contributed by atoms with Crippen molar-refractivity contribution >= 4 is 11.6 Å². The highest BCUT2D eigenvalue weighted by molar-refractivity contribution is 6.33. The zero-order valence-corrected chi connectivity index (χ0v) is 10.6. The van der Waals surface area contributed by atoms with Gasteiger partial charge in [-0.1, -0.05) is 35.9 Å². The second kappa shape index (κ2) is 4.74. The van der Waals surface area contributed by atoms with Crippen molar-refractivity contribution in [2.24, 2.45) is 0 Å². The Balaban J connectivity index is 2.06. The first-order valence-corrected chi connectivity index (χ1v) is 6.09. The van der Waals surface area contributed by atoms with Gasteiger partial charge in [-0.2, -0.15) is 5.10 Å². The van der Waals surface area contributed by atoms with E-state index in [-0.39, 0.29) is 5.75 Å². The van der Waals surface area contributed by atoms with E-state index >= 15 is 0 Å². The van der Waals surface area contributed by atoms with Crippen LogP contribution in [0.15, 0.2) is 48.5 Å². The topological polar surface area (TPSA) is 61.8 Å². The number of rotatable bonds is 2. The van der Waals surface area contributed by atoms with Gasteiger partial charge in [-0.3, -0.25) is 5.10 Å². The number of nitrogens with one attached hydrogen (secondary N) is 1. The smallest absolute Gasteiger partial charge is 0.185 e. The summed E-state index contributed by atoms with van der Waals surface area (Å²) < 4.78 is 0. The van der Waals surface area contributed by atoms with Crippen LogP contribution >= 0.6 is 11.6 Å². The number of phenolic OH excluding ortho intramolecular Hbond substituents is 1. The zero-order chi connectivity index (χ0) is 13.2. The van der Waals surface area contributed by atoms with E-state index in [4.69, 9.17) is 11.6 Å². The average Bonchev–Trinajstić information content (AvgIpc) is 2.89. The first-order chi connectivity index (χ1) is 9.25. The molecule has 0 aliphatic heterocycles. The summed E-state index contributed by atoms with van der Waals surface area (Å²) in [5.41, 5.74) is 1.36. The molecule has 0 unspecified atom stereocenters. The Bertz CT molecular complexity index is 664. The Morgan fingerprint density at radius 1 is 0.947 bits per heavy atom. The lowest BCUT2D eigenvalue weighted by molar-refractivity contribution is 0.477. The maximum Gasteiger partial charge on any atom is 0.185 e. The molecule has 19 heavy (non-hydrogen) atoms. The molecule has 3 aromatic rings. The number of benzene rings is 2. The van der Waals surface area contributed by atoms with Crippen LogP contribution in [0.25, 0.3) is 22.8 Å². The molecule has 1 heterocycles. The molecular formula is C14H10ClN3O. The second-order valence-electron chi connectivity index (χ2n) is 4.00. The highest BCUT2D eigenvalue weighted by Crippen LogP contribution is 2.29. The third-order valence-corrected chi connectivity index (χ3v) is 3.09. The quantitative estimate of drug-likeness (QED) is 0.750. The fourth-order valence-electron chi connectivity index (χ4n) is 1.82. The standard InChI is InChI=1S/C14H10ClN3O/c15-11-7-3-1-5-9(11)13-16-14(18-17-13)10-6-2-4-8-12(10)19/h1-8,19H,(H,16,17,18). The van der Waals surface area contributed by atoms with E-state index in [9.17, 15) is 5.11 Å². The highest BCUT2D eigenvalue weighted by Gasteiger charge is 2.12. The monoisotopic (exact) mass is 271 g/mol. The molecule has 2 aromatic carbocycles. The normalized spacial score (nSPS) is 10.6. The van der Waals surface area contributed by atoms with E-state index in [0.29, 0.717) is 22.2 Å². The van der Waals surface area contributed by atoms with Crippen LogP contribution in [-0.2, 0) is 0 Å². The lowest BCUT2D eigenvalue weighted by Crippen LogP contribution is -1.82. The molecule has 0 aliphatic rings. The minimum absolute atomic E-state index is 0.146. The first-order valence-electron chi connectivity index (χ1n) is 5.71. The molecule has 4 nitrogen and oxygen atoms in total. The number of aromatic nitrogens is 3. The number of H-pyrrole nitrogens is 1. The summed E-state index contributed by atoms with van der Waals surface area (Å²) in [5, 5.41) is 17.3. The molecule has 0 saturated carbocycles. The van der Waals surface area contributed by atoms with Gasteiger partial charge in [0, 0.05) is 5.56 Å². The molecule has 3 rings (SSSR count). The van der Waals surface area contributed by atoms with Gasteiger partial charge >= 0.3 is 0 Å². The molecule has 94 valence electrons. The minimum Gasteiger partial charge on any atom is -0.507 e. The van der Waals surface area contributed by atoms with Crippen LogP contribution in [0.5, 0.6) is 5.75 Å². The van der Waals surface area contributed by atoms with Crippen LogP contribution in [0.1, 0.15) is 0 Å². The predicted octanol–water partition coefficient (Wildman–Crippen LogP) is 3.50. The van der Waals surface area contributed by atoms with Crippen molar-refractivity contribution in [1.29, 1.82) is 0 Å². The lowest BCUT2D eigenvalue weighted by Gasteiger charge is -1.99. The molecule has 0 fully saturated rings. The minimum atomic E-state index is 0.146. The summed E-state index contributed by atoms with van der Waals surface area (Å²) >= 11 is 6.11. The van der Waals surface area contributed by atoms with Gasteiger partial charge < -0.3 is 5.11 Å². The van der Waals surface area contributed by atoms with Gasteiger partial charge in [0.1, 0.15) is 5.75 Å². The van der Waals surface area contributed by atoms with Gasteiger partial charge in [-0.15, -0.1) is 0 Å². The Kier molecular flexibility index (Phi) is 2.93. The summed E-state index contributed by atoms with van der Waals surface area (Å²) in [6.07, 6.45) is 0. The van der Waals surface area contributed by atoms with Gasteiger partial charge in [0.25, 0.3) is 0 Å². The number of nitrogens with zero attached hydrogens (tertiary/aromatic N) is 2. The number of aromatic amines is 1. The number of para-hydroxylation sites is 1. The fraction of sp³-hybridized carbons (Fsp3) is 0. The first kappa shape index (κ1) is 11.7. The number of halogens is 1. The van der Waals surface area contributed by atoms with Crippen LogP contribution in [0.2, 0.25) is 5.02 Å². The van der Waals surface area contributed by atoms with Crippen molar-refractivity contribution < 1.29 is 5.11 Å². The van der Waals surface area contributed by atoms with Gasteiger partial charge in [0.05, 0.1) is 10.6 Å². The molecule has 0 atom stereocenters. The van der Waals surface area contributed by atoms with E-state index < -0.39 is 0 Å². The van der Waals surface area contributed by atoms with Gasteiger partial charge in [-0.25, -0.2) is 4.98 Å². The second-order valence-corrected chi connectivity index (χ2v) is 4.41. The fourth-order valence-corrected chi connectivity index (χ4v) is 2.04. The van der Waals surface area contributed by atoms with Crippen LogP contribution in [0.4, 0.5) is 0 Å². The van der Waals surface area contributed by atoms with Crippen molar-refractivity contribution in [2.75, 3.05) is 0 Å². The van der Waals surface area contributed by atoms with Crippen molar-refractivity contribution in [1.82, 2.24) is 15.2 Å². The number of hydrogen-bond donors (Lipinski definition) is 2.